The molecule has 1 aliphatic carbocycles. The molecule has 1 rings (SSSR count). The summed E-state index contributed by atoms with van der Waals surface area (Å²) in [5.74, 6) is -0.857. The molecule has 0 spiro atoms. The van der Waals surface area contributed by atoms with Crippen LogP contribution in [0.1, 0.15) is 13.8 Å². The van der Waals surface area contributed by atoms with E-state index in [4.69, 9.17) is 1.41 Å². The molecule has 1 saturated carbocycles. The SMILES string of the molecule is [2H]NC(=O)[C@]1(C)C(C)[C@@H]1C(=O)N[B]C. The minimum atomic E-state index is -0.713. The number of primary amides is 1. The van der Waals surface area contributed by atoms with E-state index in [1.165, 1.54) is 0 Å². The second-order valence-corrected chi connectivity index (χ2v) is 3.68. The predicted molar refractivity (Wildman–Crippen MR) is 49.7 cm³/mol. The number of carbonyl (C=O) groups is 2. The van der Waals surface area contributed by atoms with Gasteiger partial charge in [0.25, 0.3) is 0 Å². The third-order valence-electron chi connectivity index (χ3n) is 3.04. The van der Waals surface area contributed by atoms with Gasteiger partial charge in [0, 0.05) is 0 Å². The minimum absolute atomic E-state index is 0.00667. The van der Waals surface area contributed by atoms with Crippen LogP contribution in [0.15, 0.2) is 0 Å². The average molecular weight is 182 g/mol. The number of hydrogen-bond acceptors (Lipinski definition) is 2. The van der Waals surface area contributed by atoms with Gasteiger partial charge in [-0.2, -0.15) is 0 Å². The van der Waals surface area contributed by atoms with Crippen LogP contribution in [0.25, 0.3) is 0 Å². The number of rotatable bonds is 3. The van der Waals surface area contributed by atoms with Gasteiger partial charge in [0.1, 0.15) is 0 Å². The van der Waals surface area contributed by atoms with Gasteiger partial charge < -0.3 is 11.0 Å². The van der Waals surface area contributed by atoms with Gasteiger partial charge >= 0.3 is 0 Å². The Morgan fingerprint density at radius 3 is 2.77 bits per heavy atom. The summed E-state index contributed by atoms with van der Waals surface area (Å²) < 4.78 is 6.79. The molecule has 0 saturated heterocycles. The highest BCUT2D eigenvalue weighted by Gasteiger charge is 2.66. The first-order chi connectivity index (χ1) is 6.50. The monoisotopic (exact) mass is 182 g/mol. The summed E-state index contributed by atoms with van der Waals surface area (Å²) in [6, 6.07) is 0. The summed E-state index contributed by atoms with van der Waals surface area (Å²) >= 11 is 0. The normalized spacial score (nSPS) is 37.3. The Morgan fingerprint density at radius 1 is 1.69 bits per heavy atom. The van der Waals surface area contributed by atoms with Gasteiger partial charge in [-0.1, -0.05) is 13.7 Å². The molecular formula is C8H14BN2O2. The first-order valence-corrected chi connectivity index (χ1v) is 4.30. The number of hydrogen-bond donors (Lipinski definition) is 2. The van der Waals surface area contributed by atoms with Gasteiger partial charge in [0.05, 0.1) is 11.3 Å². The summed E-state index contributed by atoms with van der Waals surface area (Å²) in [6.07, 6.45) is 0. The van der Waals surface area contributed by atoms with Crippen LogP contribution in [0.4, 0.5) is 0 Å². The third kappa shape index (κ3) is 1.32. The van der Waals surface area contributed by atoms with E-state index in [1.807, 2.05) is 12.7 Å². The standard InChI is InChI=1S/C8H14BN2O2/c1-4-5(6(12)11-9-3)8(4,2)7(10)13/h4-5H,1-3H3,(H2,10,13)(H,11,12)/t4?,5-,8-/m1/s1/i/hD. The number of nitrogens with two attached hydrogens (primary N) is 1. The zero-order chi connectivity index (χ0) is 10.9. The number of amides is 2. The van der Waals surface area contributed by atoms with Crippen LogP contribution < -0.4 is 11.0 Å². The molecule has 1 fully saturated rings. The van der Waals surface area contributed by atoms with Crippen LogP contribution in [0.3, 0.4) is 0 Å². The first-order valence-electron chi connectivity index (χ1n) is 4.80. The van der Waals surface area contributed by atoms with Crippen LogP contribution in [-0.4, -0.2) is 19.2 Å². The van der Waals surface area contributed by atoms with Crippen LogP contribution in [0.2, 0.25) is 8.23 Å². The van der Waals surface area contributed by atoms with Gasteiger partial charge in [-0.25, -0.2) is 0 Å². The van der Waals surface area contributed by atoms with E-state index in [2.05, 4.69) is 5.23 Å². The summed E-state index contributed by atoms with van der Waals surface area (Å²) in [6.45, 7) is 5.27. The molecule has 3 atom stereocenters. The zero-order valence-corrected chi connectivity index (χ0v) is 8.05. The van der Waals surface area contributed by atoms with Crippen molar-refractivity contribution in [3.63, 3.8) is 0 Å². The van der Waals surface area contributed by atoms with Crippen LogP contribution in [-0.2, 0) is 9.59 Å². The summed E-state index contributed by atoms with van der Waals surface area (Å²) in [4.78, 5) is 22.8. The average Bonchev–Trinajstić information content (AvgIpc) is 2.70. The quantitative estimate of drug-likeness (QED) is 0.579. The van der Waals surface area contributed by atoms with Crippen molar-refractivity contribution in [1.82, 2.24) is 5.23 Å². The molecule has 0 aromatic heterocycles. The van der Waals surface area contributed by atoms with Crippen molar-refractivity contribution in [2.45, 2.75) is 20.7 Å². The lowest BCUT2D eigenvalue weighted by Crippen LogP contribution is -2.32. The molecule has 3 N–H and O–H groups in total. The Hall–Kier alpha value is -0.995. The maximum absolute atomic E-state index is 11.5. The van der Waals surface area contributed by atoms with Crippen molar-refractivity contribution >= 4 is 19.2 Å². The van der Waals surface area contributed by atoms with Crippen LogP contribution >= 0.6 is 0 Å². The highest BCUT2D eigenvalue weighted by Crippen LogP contribution is 2.57. The largest absolute Gasteiger partial charge is 0.403 e. The van der Waals surface area contributed by atoms with E-state index in [-0.39, 0.29) is 23.7 Å². The Labute approximate surface area is 80.0 Å². The zero-order valence-electron chi connectivity index (χ0n) is 9.05. The summed E-state index contributed by atoms with van der Waals surface area (Å²) in [7, 11) is 1.55. The van der Waals surface area contributed by atoms with E-state index >= 15 is 0 Å². The Kier molecular flexibility index (Phi) is 2.02. The summed E-state index contributed by atoms with van der Waals surface area (Å²) in [5.41, 5.74) is 1.13. The Bertz CT molecular complexity index is 274. The highest BCUT2D eigenvalue weighted by molar-refractivity contribution is 6.35. The fourth-order valence-electron chi connectivity index (χ4n) is 1.81. The van der Waals surface area contributed by atoms with Crippen molar-refractivity contribution in [3.05, 3.63) is 0 Å². The molecule has 13 heavy (non-hydrogen) atoms. The summed E-state index contributed by atoms with van der Waals surface area (Å²) in [5, 5.41) is 2.57. The maximum atomic E-state index is 11.5. The van der Waals surface area contributed by atoms with Gasteiger partial charge in [0.2, 0.25) is 19.2 Å². The molecule has 0 aromatic carbocycles. The maximum Gasteiger partial charge on any atom is 0.242 e. The van der Waals surface area contributed by atoms with E-state index in [0.29, 0.717) is 0 Å². The molecule has 1 unspecified atom stereocenters. The van der Waals surface area contributed by atoms with Crippen molar-refractivity contribution in [1.29, 1.82) is 0 Å². The van der Waals surface area contributed by atoms with Crippen molar-refractivity contribution in [3.8, 4) is 0 Å². The lowest BCUT2D eigenvalue weighted by molar-refractivity contribution is -0.127. The molecule has 5 heteroatoms. The second kappa shape index (κ2) is 3.05. The molecule has 1 radical (unpaired) electrons. The molecule has 2 amide bonds. The predicted octanol–water partition coefficient (Wildman–Crippen LogP) is -0.473. The topological polar surface area (TPSA) is 72.2 Å². The van der Waals surface area contributed by atoms with E-state index in [9.17, 15) is 9.59 Å². The van der Waals surface area contributed by atoms with E-state index in [1.54, 1.807) is 21.2 Å². The van der Waals surface area contributed by atoms with Gasteiger partial charge in [-0.15, -0.1) is 0 Å². The molecule has 0 aromatic rings. The molecule has 0 heterocycles. The number of nitrogens with one attached hydrogen (secondary N) is 1. The van der Waals surface area contributed by atoms with Gasteiger partial charge in [-0.05, 0) is 12.8 Å². The van der Waals surface area contributed by atoms with Crippen LogP contribution in [0, 0.1) is 17.3 Å². The van der Waals surface area contributed by atoms with E-state index in [0.717, 1.165) is 0 Å². The second-order valence-electron chi connectivity index (χ2n) is 3.68. The lowest BCUT2D eigenvalue weighted by atomic mass is 9.98. The molecule has 1 aliphatic rings. The Morgan fingerprint density at radius 2 is 2.31 bits per heavy atom. The third-order valence-corrected chi connectivity index (χ3v) is 3.04. The fraction of sp³-hybridized carbons (Fsp3) is 0.750. The lowest BCUT2D eigenvalue weighted by Gasteiger charge is -2.05. The molecule has 4 nitrogen and oxygen atoms in total. The van der Waals surface area contributed by atoms with Crippen molar-refractivity contribution < 1.29 is 11.0 Å². The fourth-order valence-corrected chi connectivity index (χ4v) is 1.81. The molecule has 71 valence electrons. The van der Waals surface area contributed by atoms with Gasteiger partial charge in [-0.3, -0.25) is 9.59 Å². The molecule has 0 bridgehead atoms. The van der Waals surface area contributed by atoms with Crippen molar-refractivity contribution in [2.24, 2.45) is 23.0 Å². The van der Waals surface area contributed by atoms with Crippen LogP contribution in [0.5, 0.6) is 0 Å². The first kappa shape index (κ1) is 8.60. The van der Waals surface area contributed by atoms with E-state index < -0.39 is 5.41 Å². The number of carbonyl (C=O) groups excluding carboxylic acids is 2. The molecular weight excluding hydrogens is 167 g/mol. The smallest absolute Gasteiger partial charge is 0.242 e. The van der Waals surface area contributed by atoms with Gasteiger partial charge in [0.15, 0.2) is 1.41 Å². The Balaban J connectivity index is 2.69. The molecule has 0 aliphatic heterocycles. The highest BCUT2D eigenvalue weighted by atomic mass is 16.2. The van der Waals surface area contributed by atoms with Crippen molar-refractivity contribution in [2.75, 3.05) is 0 Å². The minimum Gasteiger partial charge on any atom is -0.403 e.